The van der Waals surface area contributed by atoms with Gasteiger partial charge in [-0.15, -0.1) is 0 Å². The minimum atomic E-state index is -0.604. The molecule has 0 saturated heterocycles. The van der Waals surface area contributed by atoms with Crippen LogP contribution in [0.25, 0.3) is 0 Å². The molecule has 0 spiro atoms. The zero-order valence-corrected chi connectivity index (χ0v) is 14.6. The standard InChI is InChI=1S/C16H24N2O4S/c1-21-14-7-5-4-6-12(14)10-17-11-15(19)18-13(8-9-23-3)16(20)22-2/h4-7,13,17H,8-11H2,1-3H3,(H,18,19)/t13-/m0/s1. The Labute approximate surface area is 141 Å². The van der Waals surface area contributed by atoms with Gasteiger partial charge in [-0.05, 0) is 24.5 Å². The summed E-state index contributed by atoms with van der Waals surface area (Å²) in [5, 5.41) is 5.74. The maximum Gasteiger partial charge on any atom is 0.328 e. The second-order valence-electron chi connectivity index (χ2n) is 4.84. The second kappa shape index (κ2) is 10.9. The number of rotatable bonds is 10. The van der Waals surface area contributed by atoms with Gasteiger partial charge in [0.25, 0.3) is 0 Å². The summed E-state index contributed by atoms with van der Waals surface area (Å²) in [5.74, 6) is 0.885. The van der Waals surface area contributed by atoms with Gasteiger partial charge in [0.05, 0.1) is 20.8 Å². The lowest BCUT2D eigenvalue weighted by atomic mass is 10.2. The fraction of sp³-hybridized carbons (Fsp3) is 0.500. The Morgan fingerprint density at radius 1 is 1.26 bits per heavy atom. The van der Waals surface area contributed by atoms with E-state index in [9.17, 15) is 9.59 Å². The Morgan fingerprint density at radius 2 is 2.00 bits per heavy atom. The number of amides is 1. The zero-order chi connectivity index (χ0) is 17.1. The third kappa shape index (κ3) is 6.92. The van der Waals surface area contributed by atoms with Crippen molar-refractivity contribution in [2.45, 2.75) is 19.0 Å². The number of carbonyl (C=O) groups is 2. The lowest BCUT2D eigenvalue weighted by molar-refractivity contribution is -0.145. The Morgan fingerprint density at radius 3 is 2.65 bits per heavy atom. The average molecular weight is 340 g/mol. The SMILES string of the molecule is COC(=O)[C@H](CCSC)NC(=O)CNCc1ccccc1OC. The van der Waals surface area contributed by atoms with Gasteiger partial charge in [-0.1, -0.05) is 18.2 Å². The number of nitrogens with one attached hydrogen (secondary N) is 2. The van der Waals surface area contributed by atoms with E-state index < -0.39 is 12.0 Å². The van der Waals surface area contributed by atoms with Crippen LogP contribution in [0.4, 0.5) is 0 Å². The van der Waals surface area contributed by atoms with Gasteiger partial charge in [0.2, 0.25) is 5.91 Å². The van der Waals surface area contributed by atoms with Gasteiger partial charge in [-0.2, -0.15) is 11.8 Å². The van der Waals surface area contributed by atoms with Crippen molar-refractivity contribution < 1.29 is 19.1 Å². The normalized spacial score (nSPS) is 11.6. The molecule has 0 radical (unpaired) electrons. The molecule has 0 aliphatic rings. The lowest BCUT2D eigenvalue weighted by Gasteiger charge is -2.16. The molecule has 0 unspecified atom stereocenters. The van der Waals surface area contributed by atoms with Gasteiger partial charge in [-0.3, -0.25) is 4.79 Å². The predicted molar refractivity (Wildman–Crippen MR) is 91.6 cm³/mol. The smallest absolute Gasteiger partial charge is 0.328 e. The maximum atomic E-state index is 12.0. The molecule has 0 saturated carbocycles. The molecular formula is C16H24N2O4S. The van der Waals surface area contributed by atoms with Crippen LogP contribution < -0.4 is 15.4 Å². The molecule has 0 aromatic heterocycles. The molecule has 0 aliphatic heterocycles. The summed E-state index contributed by atoms with van der Waals surface area (Å²) in [6.07, 6.45) is 2.50. The number of benzene rings is 1. The van der Waals surface area contributed by atoms with Crippen molar-refractivity contribution in [1.29, 1.82) is 0 Å². The number of hydrogen-bond donors (Lipinski definition) is 2. The molecule has 6 nitrogen and oxygen atoms in total. The van der Waals surface area contributed by atoms with Crippen LogP contribution in [0.3, 0.4) is 0 Å². The van der Waals surface area contributed by atoms with E-state index in [0.717, 1.165) is 17.1 Å². The van der Waals surface area contributed by atoms with E-state index in [1.807, 2.05) is 30.5 Å². The number of carbonyl (C=O) groups excluding carboxylic acids is 2. The first-order valence-electron chi connectivity index (χ1n) is 7.31. The number of hydrogen-bond acceptors (Lipinski definition) is 6. The van der Waals surface area contributed by atoms with Crippen molar-refractivity contribution in [3.63, 3.8) is 0 Å². The average Bonchev–Trinajstić information content (AvgIpc) is 2.58. The maximum absolute atomic E-state index is 12.0. The van der Waals surface area contributed by atoms with Crippen molar-refractivity contribution in [3.8, 4) is 5.75 Å². The molecule has 0 aliphatic carbocycles. The first-order valence-corrected chi connectivity index (χ1v) is 8.70. The van der Waals surface area contributed by atoms with Crippen LogP contribution >= 0.6 is 11.8 Å². The summed E-state index contributed by atoms with van der Waals surface area (Å²) in [7, 11) is 2.93. The van der Waals surface area contributed by atoms with Crippen molar-refractivity contribution in [2.24, 2.45) is 0 Å². The zero-order valence-electron chi connectivity index (χ0n) is 13.8. The highest BCUT2D eigenvalue weighted by atomic mass is 32.2. The molecule has 1 aromatic rings. The van der Waals surface area contributed by atoms with E-state index >= 15 is 0 Å². The molecule has 0 heterocycles. The van der Waals surface area contributed by atoms with E-state index in [4.69, 9.17) is 9.47 Å². The van der Waals surface area contributed by atoms with E-state index in [1.54, 1.807) is 18.9 Å². The molecule has 0 fully saturated rings. The van der Waals surface area contributed by atoms with Gasteiger partial charge in [0.15, 0.2) is 0 Å². The number of para-hydroxylation sites is 1. The Kier molecular flexibility index (Phi) is 9.16. The van der Waals surface area contributed by atoms with E-state index in [1.165, 1.54) is 7.11 Å². The van der Waals surface area contributed by atoms with Gasteiger partial charge in [0.1, 0.15) is 11.8 Å². The van der Waals surface area contributed by atoms with Crippen LogP contribution in [-0.4, -0.2) is 50.7 Å². The first-order chi connectivity index (χ1) is 11.1. The number of ether oxygens (including phenoxy) is 2. The minimum absolute atomic E-state index is 0.116. The van der Waals surface area contributed by atoms with Crippen molar-refractivity contribution in [1.82, 2.24) is 10.6 Å². The molecule has 0 bridgehead atoms. The fourth-order valence-corrected chi connectivity index (χ4v) is 2.50. The Hall–Kier alpha value is -1.73. The molecule has 1 atom stereocenters. The summed E-state index contributed by atoms with van der Waals surface area (Å²) in [4.78, 5) is 23.6. The second-order valence-corrected chi connectivity index (χ2v) is 5.83. The number of esters is 1. The third-order valence-corrected chi connectivity index (χ3v) is 3.87. The largest absolute Gasteiger partial charge is 0.496 e. The summed E-state index contributed by atoms with van der Waals surface area (Å²) >= 11 is 1.62. The summed E-state index contributed by atoms with van der Waals surface area (Å²) in [6.45, 7) is 0.621. The molecular weight excluding hydrogens is 316 g/mol. The van der Waals surface area contributed by atoms with Crippen LogP contribution in [0.1, 0.15) is 12.0 Å². The lowest BCUT2D eigenvalue weighted by Crippen LogP contribution is -2.45. The highest BCUT2D eigenvalue weighted by molar-refractivity contribution is 7.98. The van der Waals surface area contributed by atoms with Crippen LogP contribution in [0.15, 0.2) is 24.3 Å². The molecule has 7 heteroatoms. The highest BCUT2D eigenvalue weighted by Gasteiger charge is 2.20. The molecule has 2 N–H and O–H groups in total. The third-order valence-electron chi connectivity index (χ3n) is 3.23. The van der Waals surface area contributed by atoms with Crippen LogP contribution in [0.5, 0.6) is 5.75 Å². The monoisotopic (exact) mass is 340 g/mol. The van der Waals surface area contributed by atoms with Crippen molar-refractivity contribution in [3.05, 3.63) is 29.8 Å². The number of thioether (sulfide) groups is 1. The molecule has 23 heavy (non-hydrogen) atoms. The fourth-order valence-electron chi connectivity index (χ4n) is 2.03. The van der Waals surface area contributed by atoms with Crippen LogP contribution in [0.2, 0.25) is 0 Å². The van der Waals surface area contributed by atoms with Gasteiger partial charge in [-0.25, -0.2) is 4.79 Å². The first kappa shape index (κ1) is 19.3. The van der Waals surface area contributed by atoms with Gasteiger partial charge >= 0.3 is 5.97 Å². The molecule has 1 rings (SSSR count). The highest BCUT2D eigenvalue weighted by Crippen LogP contribution is 2.16. The van der Waals surface area contributed by atoms with Gasteiger partial charge in [0, 0.05) is 12.1 Å². The molecule has 1 aromatic carbocycles. The Balaban J connectivity index is 2.44. The summed E-state index contributed by atoms with van der Waals surface area (Å²) < 4.78 is 9.97. The van der Waals surface area contributed by atoms with Gasteiger partial charge < -0.3 is 20.1 Å². The molecule has 1 amide bonds. The number of methoxy groups -OCH3 is 2. The predicted octanol–water partition coefficient (Wildman–Crippen LogP) is 1.20. The quantitative estimate of drug-likeness (QED) is 0.623. The topological polar surface area (TPSA) is 76.7 Å². The van der Waals surface area contributed by atoms with Crippen LogP contribution in [-0.2, 0) is 20.9 Å². The van der Waals surface area contributed by atoms with Crippen molar-refractivity contribution in [2.75, 3.05) is 32.8 Å². The van der Waals surface area contributed by atoms with E-state index in [2.05, 4.69) is 10.6 Å². The van der Waals surface area contributed by atoms with Crippen LogP contribution in [0, 0.1) is 0 Å². The van der Waals surface area contributed by atoms with E-state index in [0.29, 0.717) is 13.0 Å². The van der Waals surface area contributed by atoms with Crippen molar-refractivity contribution >= 4 is 23.6 Å². The summed E-state index contributed by atoms with van der Waals surface area (Å²) in [6, 6.07) is 7.00. The minimum Gasteiger partial charge on any atom is -0.496 e. The molecule has 128 valence electrons. The van der Waals surface area contributed by atoms with E-state index in [-0.39, 0.29) is 12.5 Å². The Bertz CT molecular complexity index is 511. The summed E-state index contributed by atoms with van der Waals surface area (Å²) in [5.41, 5.74) is 0.967.